The zero-order valence-electron chi connectivity index (χ0n) is 12.7. The van der Waals surface area contributed by atoms with Crippen LogP contribution in [0.15, 0.2) is 18.3 Å². The number of rotatable bonds is 3. The molecule has 0 spiro atoms. The minimum atomic E-state index is -0.448. The predicted octanol–water partition coefficient (Wildman–Crippen LogP) is 1.13. The number of carbonyl (C=O) groups is 1. The molecule has 0 aliphatic carbocycles. The van der Waals surface area contributed by atoms with Gasteiger partial charge in [-0.25, -0.2) is 0 Å². The second-order valence-electron chi connectivity index (χ2n) is 5.92. The zero-order chi connectivity index (χ0) is 15.0. The van der Waals surface area contributed by atoms with Crippen LogP contribution in [0.3, 0.4) is 0 Å². The highest BCUT2D eigenvalue weighted by Crippen LogP contribution is 2.36. The summed E-state index contributed by atoms with van der Waals surface area (Å²) in [7, 11) is -0.448. The highest BCUT2D eigenvalue weighted by atomic mass is 16.7. The van der Waals surface area contributed by atoms with Gasteiger partial charge in [0.2, 0.25) is 0 Å². The van der Waals surface area contributed by atoms with E-state index in [9.17, 15) is 4.79 Å². The first-order valence-corrected chi connectivity index (χ1v) is 6.86. The van der Waals surface area contributed by atoms with Crippen LogP contribution < -0.4 is 10.8 Å². The number of pyridine rings is 1. The standard InChI is InChI=1S/C14H21BN2O3/c1-6-16-12(18)11-8-7-10(9-17-11)15-19-13(2,3)14(4,5)20-15/h7-9H,6H2,1-5H3,(H,16,18). The Kier molecular flexibility index (Phi) is 3.89. The summed E-state index contributed by atoms with van der Waals surface area (Å²) in [4.78, 5) is 15.8. The largest absolute Gasteiger partial charge is 0.496 e. The van der Waals surface area contributed by atoms with E-state index in [1.807, 2.05) is 40.7 Å². The van der Waals surface area contributed by atoms with Crippen molar-refractivity contribution in [3.8, 4) is 0 Å². The molecule has 0 bridgehead atoms. The van der Waals surface area contributed by atoms with E-state index in [0.29, 0.717) is 12.2 Å². The van der Waals surface area contributed by atoms with Gasteiger partial charge in [0.1, 0.15) is 5.69 Å². The van der Waals surface area contributed by atoms with Gasteiger partial charge in [0.05, 0.1) is 11.2 Å². The molecule has 0 unspecified atom stereocenters. The summed E-state index contributed by atoms with van der Waals surface area (Å²) < 4.78 is 11.9. The summed E-state index contributed by atoms with van der Waals surface area (Å²) in [5.41, 5.74) is 0.454. The van der Waals surface area contributed by atoms with E-state index in [1.165, 1.54) is 0 Å². The van der Waals surface area contributed by atoms with Crippen LogP contribution in [0.2, 0.25) is 0 Å². The molecule has 20 heavy (non-hydrogen) atoms. The lowest BCUT2D eigenvalue weighted by atomic mass is 9.80. The van der Waals surface area contributed by atoms with Crippen LogP contribution >= 0.6 is 0 Å². The summed E-state index contributed by atoms with van der Waals surface area (Å²) in [5.74, 6) is -0.173. The van der Waals surface area contributed by atoms with E-state index < -0.39 is 7.12 Å². The average Bonchev–Trinajstić information content (AvgIpc) is 2.59. The molecule has 6 heteroatoms. The Morgan fingerprint density at radius 2 is 1.85 bits per heavy atom. The third kappa shape index (κ3) is 2.71. The van der Waals surface area contributed by atoms with Gasteiger partial charge in [-0.05, 0) is 40.7 Å². The van der Waals surface area contributed by atoms with Gasteiger partial charge in [-0.15, -0.1) is 0 Å². The molecule has 1 N–H and O–H groups in total. The quantitative estimate of drug-likeness (QED) is 0.841. The molecule has 1 aromatic heterocycles. The van der Waals surface area contributed by atoms with Crippen molar-refractivity contribution >= 4 is 18.5 Å². The lowest BCUT2D eigenvalue weighted by Crippen LogP contribution is -2.41. The second-order valence-corrected chi connectivity index (χ2v) is 5.92. The van der Waals surface area contributed by atoms with Crippen molar-refractivity contribution in [2.24, 2.45) is 0 Å². The van der Waals surface area contributed by atoms with Crippen LogP contribution in [0.1, 0.15) is 45.1 Å². The Balaban J connectivity index is 2.14. The molecule has 0 saturated carbocycles. The molecule has 1 aliphatic rings. The van der Waals surface area contributed by atoms with Gasteiger partial charge >= 0.3 is 7.12 Å². The van der Waals surface area contributed by atoms with Crippen molar-refractivity contribution in [1.82, 2.24) is 10.3 Å². The lowest BCUT2D eigenvalue weighted by molar-refractivity contribution is 0.00578. The molecule has 108 valence electrons. The first-order chi connectivity index (χ1) is 9.27. The van der Waals surface area contributed by atoms with E-state index in [1.54, 1.807) is 12.3 Å². The van der Waals surface area contributed by atoms with E-state index >= 15 is 0 Å². The van der Waals surface area contributed by atoms with Crippen LogP contribution in [-0.4, -0.2) is 35.8 Å². The highest BCUT2D eigenvalue weighted by molar-refractivity contribution is 6.62. The maximum atomic E-state index is 11.6. The Morgan fingerprint density at radius 3 is 2.30 bits per heavy atom. The van der Waals surface area contributed by atoms with Gasteiger partial charge in [-0.1, -0.05) is 6.07 Å². The summed E-state index contributed by atoms with van der Waals surface area (Å²) >= 11 is 0. The molecule has 0 atom stereocenters. The number of hydrogen-bond acceptors (Lipinski definition) is 4. The molecule has 0 radical (unpaired) electrons. The van der Waals surface area contributed by atoms with Crippen molar-refractivity contribution in [2.45, 2.75) is 45.8 Å². The first-order valence-electron chi connectivity index (χ1n) is 6.86. The van der Waals surface area contributed by atoms with E-state index in [2.05, 4.69) is 10.3 Å². The third-order valence-corrected chi connectivity index (χ3v) is 3.88. The first kappa shape index (κ1) is 15.0. The Bertz CT molecular complexity index is 484. The minimum absolute atomic E-state index is 0.173. The Labute approximate surface area is 120 Å². The van der Waals surface area contributed by atoms with E-state index in [4.69, 9.17) is 9.31 Å². The highest BCUT2D eigenvalue weighted by Gasteiger charge is 2.51. The van der Waals surface area contributed by atoms with Gasteiger partial charge in [0.15, 0.2) is 0 Å². The Morgan fingerprint density at radius 1 is 1.25 bits per heavy atom. The van der Waals surface area contributed by atoms with Crippen molar-refractivity contribution in [3.63, 3.8) is 0 Å². The number of nitrogens with one attached hydrogen (secondary N) is 1. The molecule has 1 saturated heterocycles. The van der Waals surface area contributed by atoms with Crippen molar-refractivity contribution < 1.29 is 14.1 Å². The van der Waals surface area contributed by atoms with Crippen LogP contribution in [0, 0.1) is 0 Å². The third-order valence-electron chi connectivity index (χ3n) is 3.88. The van der Waals surface area contributed by atoms with Crippen LogP contribution in [0.4, 0.5) is 0 Å². The molecule has 2 rings (SSSR count). The van der Waals surface area contributed by atoms with Gasteiger partial charge in [0.25, 0.3) is 5.91 Å². The van der Waals surface area contributed by atoms with Crippen molar-refractivity contribution in [1.29, 1.82) is 0 Å². The average molecular weight is 276 g/mol. The number of carbonyl (C=O) groups excluding carboxylic acids is 1. The zero-order valence-corrected chi connectivity index (χ0v) is 12.7. The normalized spacial score (nSPS) is 19.9. The van der Waals surface area contributed by atoms with Gasteiger partial charge < -0.3 is 14.6 Å². The summed E-state index contributed by atoms with van der Waals surface area (Å²) in [6.45, 7) is 10.5. The fraction of sp³-hybridized carbons (Fsp3) is 0.571. The van der Waals surface area contributed by atoms with Crippen LogP contribution in [0.25, 0.3) is 0 Å². The topological polar surface area (TPSA) is 60.5 Å². The predicted molar refractivity (Wildman–Crippen MR) is 78.0 cm³/mol. The van der Waals surface area contributed by atoms with E-state index in [-0.39, 0.29) is 17.1 Å². The monoisotopic (exact) mass is 276 g/mol. The molecule has 2 heterocycles. The van der Waals surface area contributed by atoms with Crippen LogP contribution in [-0.2, 0) is 9.31 Å². The maximum Gasteiger partial charge on any atom is 0.496 e. The minimum Gasteiger partial charge on any atom is -0.399 e. The molecule has 1 fully saturated rings. The summed E-state index contributed by atoms with van der Waals surface area (Å²) in [5, 5.41) is 2.71. The molecular weight excluding hydrogens is 255 g/mol. The maximum absolute atomic E-state index is 11.6. The molecule has 1 amide bonds. The summed E-state index contributed by atoms with van der Waals surface area (Å²) in [6.07, 6.45) is 1.63. The van der Waals surface area contributed by atoms with E-state index in [0.717, 1.165) is 5.46 Å². The molecule has 1 aliphatic heterocycles. The van der Waals surface area contributed by atoms with Gasteiger partial charge in [0, 0.05) is 18.2 Å². The SMILES string of the molecule is CCNC(=O)c1ccc(B2OC(C)(C)C(C)(C)O2)cn1. The van der Waals surface area contributed by atoms with Crippen molar-refractivity contribution in [3.05, 3.63) is 24.0 Å². The van der Waals surface area contributed by atoms with Crippen molar-refractivity contribution in [2.75, 3.05) is 6.54 Å². The molecular formula is C14H21BN2O3. The number of amides is 1. The number of aromatic nitrogens is 1. The van der Waals surface area contributed by atoms with Gasteiger partial charge in [-0.2, -0.15) is 0 Å². The smallest absolute Gasteiger partial charge is 0.399 e. The Hall–Kier alpha value is -1.40. The molecule has 5 nitrogen and oxygen atoms in total. The fourth-order valence-electron chi connectivity index (χ4n) is 1.91. The number of hydrogen-bond donors (Lipinski definition) is 1. The van der Waals surface area contributed by atoms with Gasteiger partial charge in [-0.3, -0.25) is 9.78 Å². The lowest BCUT2D eigenvalue weighted by Gasteiger charge is -2.32. The second kappa shape index (κ2) is 5.18. The summed E-state index contributed by atoms with van der Waals surface area (Å²) in [6, 6.07) is 3.51. The number of nitrogens with zero attached hydrogens (tertiary/aromatic N) is 1. The van der Waals surface area contributed by atoms with Crippen LogP contribution in [0.5, 0.6) is 0 Å². The molecule has 0 aromatic carbocycles. The fourth-order valence-corrected chi connectivity index (χ4v) is 1.91. The molecule has 1 aromatic rings.